The largest absolute Gasteiger partial charge is 0.444 e. The minimum absolute atomic E-state index is 0.275. The number of amides is 2. The number of hydrogen-bond donors (Lipinski definition) is 3. The predicted octanol–water partition coefficient (Wildman–Crippen LogP) is 1.25. The summed E-state index contributed by atoms with van der Waals surface area (Å²) in [6.07, 6.45) is -1.80. The number of hydrogen-bond acceptors (Lipinski definition) is 5. The number of alkyl carbamates (subject to hydrolysis) is 1. The number of carbonyl (C=O) groups is 2. The molecule has 2 amide bonds. The number of benzene rings is 1. The first kappa shape index (κ1) is 20.9. The fourth-order valence-electron chi connectivity index (χ4n) is 2.13. The van der Waals surface area contributed by atoms with Crippen molar-refractivity contribution in [2.24, 2.45) is 0 Å². The first-order valence-corrected chi connectivity index (χ1v) is 8.21. The average molecular weight is 352 g/mol. The smallest absolute Gasteiger partial charge is 0.407 e. The van der Waals surface area contributed by atoms with Crippen LogP contribution in [0.25, 0.3) is 0 Å². The van der Waals surface area contributed by atoms with E-state index in [4.69, 9.17) is 9.47 Å². The van der Waals surface area contributed by atoms with Crippen LogP contribution in [-0.2, 0) is 20.7 Å². The van der Waals surface area contributed by atoms with Crippen molar-refractivity contribution in [3.8, 4) is 0 Å². The highest BCUT2D eigenvalue weighted by Gasteiger charge is 2.29. The highest BCUT2D eigenvalue weighted by atomic mass is 16.6. The molecule has 3 N–H and O–H groups in total. The standard InChI is InChI=1S/C18H28N2O5/c1-18(2,3)25-17(23)20-14(12-13-8-6-5-7-9-13)15(21)16(22)19-10-11-24-4/h5-9,14-15,21H,10-12H2,1-4H3,(H,19,22)(H,20,23). The second-order valence-corrected chi connectivity index (χ2v) is 6.67. The van der Waals surface area contributed by atoms with Crippen LogP contribution in [0.1, 0.15) is 26.3 Å². The number of aliphatic hydroxyl groups excluding tert-OH is 1. The molecule has 0 aliphatic rings. The van der Waals surface area contributed by atoms with Gasteiger partial charge in [-0.2, -0.15) is 0 Å². The number of aliphatic hydroxyl groups is 1. The van der Waals surface area contributed by atoms with Crippen LogP contribution in [0.5, 0.6) is 0 Å². The number of nitrogens with one attached hydrogen (secondary N) is 2. The molecule has 0 saturated heterocycles. The van der Waals surface area contributed by atoms with Crippen molar-refractivity contribution in [2.75, 3.05) is 20.3 Å². The lowest BCUT2D eigenvalue weighted by Gasteiger charge is -2.26. The molecule has 0 aliphatic heterocycles. The van der Waals surface area contributed by atoms with Crippen LogP contribution < -0.4 is 10.6 Å². The minimum atomic E-state index is -1.41. The highest BCUT2D eigenvalue weighted by Crippen LogP contribution is 2.10. The monoisotopic (exact) mass is 352 g/mol. The molecule has 0 spiro atoms. The lowest BCUT2D eigenvalue weighted by molar-refractivity contribution is -0.130. The molecular formula is C18H28N2O5. The van der Waals surface area contributed by atoms with Gasteiger partial charge >= 0.3 is 6.09 Å². The summed E-state index contributed by atoms with van der Waals surface area (Å²) < 4.78 is 10.1. The maximum atomic E-state index is 12.1. The van der Waals surface area contributed by atoms with Crippen LogP contribution in [0.4, 0.5) is 4.79 Å². The molecule has 0 bridgehead atoms. The lowest BCUT2D eigenvalue weighted by Crippen LogP contribution is -2.52. The quantitative estimate of drug-likeness (QED) is 0.612. The van der Waals surface area contributed by atoms with Gasteiger partial charge in [0, 0.05) is 13.7 Å². The Balaban J connectivity index is 2.79. The minimum Gasteiger partial charge on any atom is -0.444 e. The van der Waals surface area contributed by atoms with E-state index >= 15 is 0 Å². The Morgan fingerprint density at radius 3 is 2.40 bits per heavy atom. The lowest BCUT2D eigenvalue weighted by atomic mass is 10.0. The Hall–Kier alpha value is -2.12. The molecule has 2 unspecified atom stereocenters. The third kappa shape index (κ3) is 8.51. The third-order valence-electron chi connectivity index (χ3n) is 3.26. The highest BCUT2D eigenvalue weighted by molar-refractivity contribution is 5.82. The van der Waals surface area contributed by atoms with Gasteiger partial charge in [0.2, 0.25) is 0 Å². The zero-order valence-electron chi connectivity index (χ0n) is 15.2. The van der Waals surface area contributed by atoms with E-state index in [1.54, 1.807) is 20.8 Å². The fourth-order valence-corrected chi connectivity index (χ4v) is 2.13. The SMILES string of the molecule is COCCNC(=O)C(O)C(Cc1ccccc1)NC(=O)OC(C)(C)C. The van der Waals surface area contributed by atoms with Gasteiger partial charge in [0.25, 0.3) is 5.91 Å². The first-order valence-electron chi connectivity index (χ1n) is 8.21. The molecule has 1 rings (SSSR count). The first-order chi connectivity index (χ1) is 11.7. The molecule has 140 valence electrons. The molecule has 7 nitrogen and oxygen atoms in total. The van der Waals surface area contributed by atoms with Gasteiger partial charge in [0.15, 0.2) is 6.10 Å². The molecule has 1 aromatic rings. The van der Waals surface area contributed by atoms with Crippen LogP contribution in [0.2, 0.25) is 0 Å². The van der Waals surface area contributed by atoms with E-state index in [1.165, 1.54) is 7.11 Å². The van der Waals surface area contributed by atoms with Gasteiger partial charge in [-0.05, 0) is 32.8 Å². The van der Waals surface area contributed by atoms with E-state index in [9.17, 15) is 14.7 Å². The van der Waals surface area contributed by atoms with E-state index in [0.717, 1.165) is 5.56 Å². The normalized spacial score (nSPS) is 13.6. The van der Waals surface area contributed by atoms with Gasteiger partial charge in [0.05, 0.1) is 12.6 Å². The van der Waals surface area contributed by atoms with Crippen molar-refractivity contribution >= 4 is 12.0 Å². The van der Waals surface area contributed by atoms with Crippen molar-refractivity contribution in [1.29, 1.82) is 0 Å². The predicted molar refractivity (Wildman–Crippen MR) is 94.2 cm³/mol. The Morgan fingerprint density at radius 2 is 1.84 bits per heavy atom. The summed E-state index contributed by atoms with van der Waals surface area (Å²) >= 11 is 0. The summed E-state index contributed by atoms with van der Waals surface area (Å²) in [4.78, 5) is 24.2. The molecule has 0 radical (unpaired) electrons. The molecule has 7 heteroatoms. The summed E-state index contributed by atoms with van der Waals surface area (Å²) in [6.45, 7) is 5.84. The van der Waals surface area contributed by atoms with E-state index in [1.807, 2.05) is 30.3 Å². The third-order valence-corrected chi connectivity index (χ3v) is 3.26. The van der Waals surface area contributed by atoms with Crippen molar-refractivity contribution < 1.29 is 24.2 Å². The fraction of sp³-hybridized carbons (Fsp3) is 0.556. The van der Waals surface area contributed by atoms with Gasteiger partial charge in [-0.25, -0.2) is 4.79 Å². The maximum absolute atomic E-state index is 12.1. The van der Waals surface area contributed by atoms with Crippen molar-refractivity contribution in [2.45, 2.75) is 44.9 Å². The number of carbonyl (C=O) groups excluding carboxylic acids is 2. The Bertz CT molecular complexity index is 542. The van der Waals surface area contributed by atoms with Gasteiger partial charge in [-0.3, -0.25) is 4.79 Å². The second kappa shape index (κ2) is 10.0. The molecule has 2 atom stereocenters. The van der Waals surface area contributed by atoms with Gasteiger partial charge in [0.1, 0.15) is 5.60 Å². The van der Waals surface area contributed by atoms with Crippen molar-refractivity contribution in [3.05, 3.63) is 35.9 Å². The molecule has 0 aromatic heterocycles. The Labute approximate surface area is 148 Å². The average Bonchev–Trinajstić information content (AvgIpc) is 2.53. The summed E-state index contributed by atoms with van der Waals surface area (Å²) in [6, 6.07) is 8.47. The van der Waals surface area contributed by atoms with Crippen LogP contribution in [-0.4, -0.2) is 55.1 Å². The van der Waals surface area contributed by atoms with E-state index in [2.05, 4.69) is 10.6 Å². The number of rotatable bonds is 8. The molecule has 1 aromatic carbocycles. The van der Waals surface area contributed by atoms with Gasteiger partial charge in [-0.1, -0.05) is 30.3 Å². The van der Waals surface area contributed by atoms with Gasteiger partial charge < -0.3 is 25.2 Å². The van der Waals surface area contributed by atoms with Crippen LogP contribution in [0.3, 0.4) is 0 Å². The molecule has 0 heterocycles. The Morgan fingerprint density at radius 1 is 1.20 bits per heavy atom. The zero-order valence-corrected chi connectivity index (χ0v) is 15.2. The van der Waals surface area contributed by atoms with Crippen LogP contribution >= 0.6 is 0 Å². The number of methoxy groups -OCH3 is 1. The molecule has 0 aliphatic carbocycles. The van der Waals surface area contributed by atoms with Crippen LogP contribution in [0, 0.1) is 0 Å². The summed E-state index contributed by atoms with van der Waals surface area (Å²) in [5.41, 5.74) is 0.208. The second-order valence-electron chi connectivity index (χ2n) is 6.67. The zero-order chi connectivity index (χ0) is 18.9. The Kier molecular flexibility index (Phi) is 8.37. The molecular weight excluding hydrogens is 324 g/mol. The molecule has 25 heavy (non-hydrogen) atoms. The topological polar surface area (TPSA) is 96.9 Å². The maximum Gasteiger partial charge on any atom is 0.407 e. The summed E-state index contributed by atoms with van der Waals surface area (Å²) in [5.74, 6) is -0.575. The van der Waals surface area contributed by atoms with Crippen molar-refractivity contribution in [3.63, 3.8) is 0 Å². The van der Waals surface area contributed by atoms with E-state index in [0.29, 0.717) is 13.0 Å². The van der Waals surface area contributed by atoms with Gasteiger partial charge in [-0.15, -0.1) is 0 Å². The van der Waals surface area contributed by atoms with E-state index in [-0.39, 0.29) is 6.54 Å². The van der Waals surface area contributed by atoms with E-state index < -0.39 is 29.7 Å². The van der Waals surface area contributed by atoms with Crippen LogP contribution in [0.15, 0.2) is 30.3 Å². The molecule has 0 saturated carbocycles. The summed E-state index contributed by atoms with van der Waals surface area (Å²) in [7, 11) is 1.52. The van der Waals surface area contributed by atoms with Crippen molar-refractivity contribution in [1.82, 2.24) is 10.6 Å². The molecule has 0 fully saturated rings. The summed E-state index contributed by atoms with van der Waals surface area (Å²) in [5, 5.41) is 15.5. The number of ether oxygens (including phenoxy) is 2.